The molecule has 3 atom stereocenters. The second-order valence-corrected chi connectivity index (χ2v) is 11.3. The molecule has 1 aromatic rings. The third-order valence-electron chi connectivity index (χ3n) is 7.15. The number of amides is 1. The molecule has 4 rings (SSSR count). The van der Waals surface area contributed by atoms with Crippen LogP contribution in [0, 0.1) is 23.4 Å². The number of halogens is 3. The van der Waals surface area contributed by atoms with Gasteiger partial charge in [-0.3, -0.25) is 4.79 Å². The summed E-state index contributed by atoms with van der Waals surface area (Å²) in [7, 11) is -3.51. The lowest BCUT2D eigenvalue weighted by Crippen LogP contribution is -2.51. The maximum Gasteiger partial charge on any atom is 0.224 e. The van der Waals surface area contributed by atoms with Gasteiger partial charge in [-0.25, -0.2) is 21.6 Å². The summed E-state index contributed by atoms with van der Waals surface area (Å²) in [5.74, 6) is -3.54. The van der Waals surface area contributed by atoms with Gasteiger partial charge < -0.3 is 15.4 Å². The smallest absolute Gasteiger partial charge is 0.224 e. The predicted molar refractivity (Wildman–Crippen MR) is 115 cm³/mol. The molecular weight excluding hydrogens is 459 g/mol. The number of fused-ring (bicyclic) bond motifs is 2. The molecule has 0 spiro atoms. The van der Waals surface area contributed by atoms with E-state index in [0.717, 1.165) is 18.9 Å². The van der Waals surface area contributed by atoms with E-state index in [9.17, 15) is 26.4 Å². The van der Waals surface area contributed by atoms with Crippen molar-refractivity contribution in [2.75, 3.05) is 32.1 Å². The van der Waals surface area contributed by atoms with Crippen molar-refractivity contribution in [2.24, 2.45) is 11.7 Å². The molecule has 0 saturated carbocycles. The van der Waals surface area contributed by atoms with Gasteiger partial charge in [0.25, 0.3) is 0 Å². The van der Waals surface area contributed by atoms with Crippen molar-refractivity contribution >= 4 is 15.9 Å². The van der Waals surface area contributed by atoms with E-state index in [1.165, 1.54) is 4.31 Å². The van der Waals surface area contributed by atoms with E-state index in [1.807, 2.05) is 4.90 Å². The Morgan fingerprint density at radius 2 is 1.67 bits per heavy atom. The summed E-state index contributed by atoms with van der Waals surface area (Å²) < 4.78 is 72.4. The first-order valence-corrected chi connectivity index (χ1v) is 13.0. The minimum Gasteiger partial charge on any atom is -0.379 e. The number of nitrogens with two attached hydrogens (primary N) is 1. The number of hydrogen-bond donors (Lipinski definition) is 1. The average Bonchev–Trinajstić information content (AvgIpc) is 3.05. The van der Waals surface area contributed by atoms with E-state index in [1.54, 1.807) is 0 Å². The molecule has 7 nitrogen and oxygen atoms in total. The van der Waals surface area contributed by atoms with Gasteiger partial charge in [0, 0.05) is 43.7 Å². The second kappa shape index (κ2) is 9.89. The molecular formula is C22H30F3N3O4S. The minimum absolute atomic E-state index is 0.0103. The van der Waals surface area contributed by atoms with Crippen molar-refractivity contribution in [3.05, 3.63) is 35.1 Å². The van der Waals surface area contributed by atoms with Crippen LogP contribution in [0.5, 0.6) is 0 Å². The minimum atomic E-state index is -3.51. The van der Waals surface area contributed by atoms with Crippen LogP contribution in [0.4, 0.5) is 13.2 Å². The summed E-state index contributed by atoms with van der Waals surface area (Å²) in [4.78, 5) is 14.7. The van der Waals surface area contributed by atoms with E-state index in [2.05, 4.69) is 0 Å². The number of benzene rings is 1. The zero-order valence-corrected chi connectivity index (χ0v) is 19.2. The van der Waals surface area contributed by atoms with Crippen molar-refractivity contribution in [1.29, 1.82) is 0 Å². The van der Waals surface area contributed by atoms with E-state index in [4.69, 9.17) is 10.5 Å². The number of morpholine rings is 1. The van der Waals surface area contributed by atoms with Crippen LogP contribution < -0.4 is 5.73 Å². The highest BCUT2D eigenvalue weighted by molar-refractivity contribution is 7.89. The first-order chi connectivity index (χ1) is 15.7. The molecule has 3 aliphatic rings. The second-order valence-electron chi connectivity index (χ2n) is 9.22. The highest BCUT2D eigenvalue weighted by Crippen LogP contribution is 2.40. The molecule has 2 unspecified atom stereocenters. The highest BCUT2D eigenvalue weighted by atomic mass is 32.2. The Kier molecular flexibility index (Phi) is 7.32. The SMILES string of the molecule is N[C@H](Cc1cc(F)c(F)cc1F)C1CC2CCC(C1)N2C(=O)CCS(=O)(=O)N1CCOCC1. The summed E-state index contributed by atoms with van der Waals surface area (Å²) >= 11 is 0. The van der Waals surface area contributed by atoms with Crippen LogP contribution in [0.1, 0.15) is 37.7 Å². The van der Waals surface area contributed by atoms with E-state index in [-0.39, 0.29) is 48.1 Å². The summed E-state index contributed by atoms with van der Waals surface area (Å²) in [5, 5.41) is 0. The van der Waals surface area contributed by atoms with Crippen LogP contribution in [0.15, 0.2) is 12.1 Å². The molecule has 3 fully saturated rings. The quantitative estimate of drug-likeness (QED) is 0.590. The monoisotopic (exact) mass is 489 g/mol. The van der Waals surface area contributed by atoms with Gasteiger partial charge in [0.05, 0.1) is 19.0 Å². The standard InChI is InChI=1S/C22H30F3N3O4S/c23-18-13-20(25)19(24)11-14(18)12-21(26)15-9-16-1-2-17(10-15)28(16)22(29)3-8-33(30,31)27-4-6-32-7-5-27/h11,13,15-17,21H,1-10,12,26H2/t15?,16?,17?,21-/m1/s1. The number of piperidine rings is 1. The molecule has 1 amide bonds. The predicted octanol–water partition coefficient (Wildman–Crippen LogP) is 1.80. The molecule has 3 aliphatic heterocycles. The van der Waals surface area contributed by atoms with Gasteiger partial charge in [0.2, 0.25) is 15.9 Å². The van der Waals surface area contributed by atoms with Gasteiger partial charge in [0.1, 0.15) is 5.82 Å². The summed E-state index contributed by atoms with van der Waals surface area (Å²) in [6.45, 7) is 1.34. The maximum absolute atomic E-state index is 14.0. The van der Waals surface area contributed by atoms with Crippen LogP contribution >= 0.6 is 0 Å². The summed E-state index contributed by atoms with van der Waals surface area (Å²) in [6.07, 6.45) is 2.91. The normalized spacial score (nSPS) is 27.0. The van der Waals surface area contributed by atoms with E-state index in [0.29, 0.717) is 45.2 Å². The molecule has 3 heterocycles. The lowest BCUT2D eigenvalue weighted by Gasteiger charge is -2.41. The van der Waals surface area contributed by atoms with Crippen LogP contribution in [0.25, 0.3) is 0 Å². The lowest BCUT2D eigenvalue weighted by molar-refractivity contribution is -0.136. The molecule has 2 N–H and O–H groups in total. The van der Waals surface area contributed by atoms with Crippen molar-refractivity contribution in [3.63, 3.8) is 0 Å². The van der Waals surface area contributed by atoms with Crippen LogP contribution in [-0.2, 0) is 26.0 Å². The molecule has 0 radical (unpaired) electrons. The lowest BCUT2D eigenvalue weighted by atomic mass is 9.82. The van der Waals surface area contributed by atoms with Gasteiger partial charge in [-0.05, 0) is 49.7 Å². The topological polar surface area (TPSA) is 92.9 Å². The molecule has 11 heteroatoms. The number of carbonyl (C=O) groups is 1. The van der Waals surface area contributed by atoms with E-state index < -0.39 is 33.5 Å². The number of ether oxygens (including phenoxy) is 1. The number of carbonyl (C=O) groups excluding carboxylic acids is 1. The molecule has 3 saturated heterocycles. The van der Waals surface area contributed by atoms with Gasteiger partial charge in [-0.2, -0.15) is 4.31 Å². The van der Waals surface area contributed by atoms with Gasteiger partial charge in [-0.15, -0.1) is 0 Å². The molecule has 0 aromatic heterocycles. The Morgan fingerprint density at radius 1 is 1.06 bits per heavy atom. The number of hydrogen-bond acceptors (Lipinski definition) is 5. The number of sulfonamides is 1. The number of nitrogens with zero attached hydrogens (tertiary/aromatic N) is 2. The molecule has 184 valence electrons. The third-order valence-corrected chi connectivity index (χ3v) is 9.02. The molecule has 0 aliphatic carbocycles. The Balaban J connectivity index is 1.34. The van der Waals surface area contributed by atoms with Crippen LogP contribution in [0.2, 0.25) is 0 Å². The zero-order valence-electron chi connectivity index (χ0n) is 18.4. The van der Waals surface area contributed by atoms with Crippen LogP contribution in [-0.4, -0.2) is 73.7 Å². The fourth-order valence-corrected chi connectivity index (χ4v) is 6.81. The Hall–Kier alpha value is -1.69. The highest BCUT2D eigenvalue weighted by Gasteiger charge is 2.44. The first kappa shape index (κ1) is 24.4. The molecule has 33 heavy (non-hydrogen) atoms. The van der Waals surface area contributed by atoms with Crippen molar-refractivity contribution in [2.45, 2.75) is 56.7 Å². The Bertz CT molecular complexity index is 973. The zero-order chi connectivity index (χ0) is 23.8. The third kappa shape index (κ3) is 5.36. The number of rotatable bonds is 7. The summed E-state index contributed by atoms with van der Waals surface area (Å²) in [5.41, 5.74) is 6.37. The fourth-order valence-electron chi connectivity index (χ4n) is 5.42. The largest absolute Gasteiger partial charge is 0.379 e. The van der Waals surface area contributed by atoms with Crippen molar-refractivity contribution in [1.82, 2.24) is 9.21 Å². The molecule has 1 aromatic carbocycles. The summed E-state index contributed by atoms with van der Waals surface area (Å²) in [6, 6.07) is 0.868. The first-order valence-electron chi connectivity index (χ1n) is 11.4. The van der Waals surface area contributed by atoms with Crippen molar-refractivity contribution in [3.8, 4) is 0 Å². The van der Waals surface area contributed by atoms with Gasteiger partial charge in [-0.1, -0.05) is 0 Å². The Morgan fingerprint density at radius 3 is 2.30 bits per heavy atom. The Labute approximate surface area is 192 Å². The van der Waals surface area contributed by atoms with Crippen LogP contribution in [0.3, 0.4) is 0 Å². The fraction of sp³-hybridized carbons (Fsp3) is 0.682. The van der Waals surface area contributed by atoms with Gasteiger partial charge >= 0.3 is 0 Å². The van der Waals surface area contributed by atoms with E-state index >= 15 is 0 Å². The average molecular weight is 490 g/mol. The van der Waals surface area contributed by atoms with Gasteiger partial charge in [0.15, 0.2) is 11.6 Å². The maximum atomic E-state index is 14.0. The molecule has 2 bridgehead atoms. The van der Waals surface area contributed by atoms with Crippen molar-refractivity contribution < 1.29 is 31.1 Å².